The smallest absolute Gasteiger partial charge is 0.417 e. The van der Waals surface area contributed by atoms with E-state index in [0.717, 1.165) is 6.07 Å². The van der Waals surface area contributed by atoms with Gasteiger partial charge in [-0.1, -0.05) is 0 Å². The molecule has 1 aromatic rings. The molecule has 32 heavy (non-hydrogen) atoms. The van der Waals surface area contributed by atoms with Gasteiger partial charge in [-0.25, -0.2) is 0 Å². The maximum absolute atomic E-state index is 13.2. The lowest BCUT2D eigenvalue weighted by atomic mass is 10.0. The number of halogens is 6. The first-order chi connectivity index (χ1) is 14.5. The zero-order valence-corrected chi connectivity index (χ0v) is 18.2. The van der Waals surface area contributed by atoms with Crippen molar-refractivity contribution < 1.29 is 40.7 Å². The molecule has 0 aliphatic carbocycles. The van der Waals surface area contributed by atoms with E-state index in [4.69, 9.17) is 4.74 Å². The molecule has 0 aromatic heterocycles. The average molecular weight is 468 g/mol. The molecule has 1 heterocycles. The Morgan fingerprint density at radius 2 is 1.62 bits per heavy atom. The van der Waals surface area contributed by atoms with Gasteiger partial charge < -0.3 is 14.5 Å². The van der Waals surface area contributed by atoms with Crippen molar-refractivity contribution in [2.75, 3.05) is 24.5 Å². The molecule has 0 unspecified atom stereocenters. The summed E-state index contributed by atoms with van der Waals surface area (Å²) in [5, 5.41) is 0. The van der Waals surface area contributed by atoms with Crippen molar-refractivity contribution in [2.45, 2.75) is 64.5 Å². The number of anilines is 1. The molecule has 11 heteroatoms. The molecule has 180 valence electrons. The summed E-state index contributed by atoms with van der Waals surface area (Å²) < 4.78 is 83.9. The van der Waals surface area contributed by atoms with Crippen LogP contribution in [0.25, 0.3) is 0 Å². The molecule has 0 bridgehead atoms. The monoisotopic (exact) mass is 468 g/mol. The number of alkyl halides is 6. The summed E-state index contributed by atoms with van der Waals surface area (Å²) in [5.74, 6) is -0.782. The van der Waals surface area contributed by atoms with Gasteiger partial charge >= 0.3 is 18.3 Å². The molecule has 1 amide bonds. The number of ether oxygens (including phenoxy) is 1. The normalized spacial score (nSPS) is 18.2. The van der Waals surface area contributed by atoms with Crippen LogP contribution in [-0.4, -0.2) is 48.1 Å². The second-order valence-corrected chi connectivity index (χ2v) is 8.61. The van der Waals surface area contributed by atoms with Gasteiger partial charge in [-0.05, 0) is 52.3 Å². The van der Waals surface area contributed by atoms with Gasteiger partial charge in [-0.3, -0.25) is 9.59 Å². The number of hydrogen-bond acceptors (Lipinski definition) is 4. The highest BCUT2D eigenvalue weighted by molar-refractivity contribution is 5.86. The third-order valence-corrected chi connectivity index (χ3v) is 4.92. The lowest BCUT2D eigenvalue weighted by Gasteiger charge is -2.40. The molecule has 1 aromatic carbocycles. The SMILES string of the molecule is C[C@H]1C(=O)N(CCCC(=O)OC(C)(C)C)CCN1c1ccc(C(F)(F)F)c(C(F)(F)F)c1. The van der Waals surface area contributed by atoms with E-state index in [0.29, 0.717) is 18.6 Å². The molecule has 1 atom stereocenters. The van der Waals surface area contributed by atoms with Crippen LogP contribution in [0.15, 0.2) is 18.2 Å². The van der Waals surface area contributed by atoms with E-state index in [-0.39, 0.29) is 37.6 Å². The molecule has 1 saturated heterocycles. The number of nitrogens with zero attached hydrogens (tertiary/aromatic N) is 2. The third-order valence-electron chi connectivity index (χ3n) is 4.92. The fourth-order valence-corrected chi connectivity index (χ4v) is 3.50. The maximum atomic E-state index is 13.2. The number of hydrogen-bond donors (Lipinski definition) is 0. The van der Waals surface area contributed by atoms with Crippen molar-refractivity contribution in [3.05, 3.63) is 29.3 Å². The summed E-state index contributed by atoms with van der Waals surface area (Å²) in [7, 11) is 0. The van der Waals surface area contributed by atoms with Crippen LogP contribution in [0.4, 0.5) is 32.0 Å². The van der Waals surface area contributed by atoms with Crippen LogP contribution in [0.3, 0.4) is 0 Å². The molecule has 0 spiro atoms. The van der Waals surface area contributed by atoms with E-state index in [2.05, 4.69) is 0 Å². The summed E-state index contributed by atoms with van der Waals surface area (Å²) in [4.78, 5) is 27.3. The van der Waals surface area contributed by atoms with E-state index >= 15 is 0 Å². The van der Waals surface area contributed by atoms with Crippen molar-refractivity contribution in [1.82, 2.24) is 4.90 Å². The zero-order valence-electron chi connectivity index (χ0n) is 18.2. The van der Waals surface area contributed by atoms with Crippen LogP contribution < -0.4 is 4.90 Å². The molecule has 5 nitrogen and oxygen atoms in total. The number of esters is 1. The van der Waals surface area contributed by atoms with Gasteiger partial charge in [0.05, 0.1) is 11.1 Å². The number of carbonyl (C=O) groups excluding carboxylic acids is 2. The Morgan fingerprint density at radius 1 is 1.03 bits per heavy atom. The van der Waals surface area contributed by atoms with Gasteiger partial charge in [0, 0.05) is 31.7 Å². The fourth-order valence-electron chi connectivity index (χ4n) is 3.50. The van der Waals surface area contributed by atoms with Gasteiger partial charge in [0.2, 0.25) is 5.91 Å². The molecule has 0 N–H and O–H groups in total. The molecule has 2 rings (SSSR count). The van der Waals surface area contributed by atoms with E-state index in [9.17, 15) is 35.9 Å². The molecule has 1 fully saturated rings. The van der Waals surface area contributed by atoms with Gasteiger partial charge in [0.15, 0.2) is 0 Å². The summed E-state index contributed by atoms with van der Waals surface area (Å²) in [6.45, 7) is 7.26. The van der Waals surface area contributed by atoms with Crippen molar-refractivity contribution in [3.63, 3.8) is 0 Å². The summed E-state index contributed by atoms with van der Waals surface area (Å²) in [5.41, 5.74) is -4.29. The first-order valence-corrected chi connectivity index (χ1v) is 10.1. The Morgan fingerprint density at radius 3 is 2.16 bits per heavy atom. The first-order valence-electron chi connectivity index (χ1n) is 10.1. The zero-order chi connectivity index (χ0) is 24.5. The van der Waals surface area contributed by atoms with Gasteiger partial charge in [-0.2, -0.15) is 26.3 Å². The maximum Gasteiger partial charge on any atom is 0.417 e. The summed E-state index contributed by atoms with van der Waals surface area (Å²) in [6, 6.07) is 0.899. The summed E-state index contributed by atoms with van der Waals surface area (Å²) >= 11 is 0. The summed E-state index contributed by atoms with van der Waals surface area (Å²) in [6.07, 6.45) is -9.89. The Hall–Kier alpha value is -2.46. The van der Waals surface area contributed by atoms with Crippen molar-refractivity contribution in [1.29, 1.82) is 0 Å². The van der Waals surface area contributed by atoms with Crippen LogP contribution >= 0.6 is 0 Å². The van der Waals surface area contributed by atoms with Crippen LogP contribution in [0, 0.1) is 0 Å². The molecule has 1 aliphatic heterocycles. The number of carbonyl (C=O) groups is 2. The third kappa shape index (κ3) is 6.52. The molecule has 0 saturated carbocycles. The highest BCUT2D eigenvalue weighted by Gasteiger charge is 2.44. The topological polar surface area (TPSA) is 49.9 Å². The molecular formula is C21H26F6N2O3. The minimum absolute atomic E-state index is 0.104. The van der Waals surface area contributed by atoms with Crippen LogP contribution in [0.5, 0.6) is 0 Å². The van der Waals surface area contributed by atoms with Crippen molar-refractivity contribution in [2.24, 2.45) is 0 Å². The number of piperazine rings is 1. The van der Waals surface area contributed by atoms with Crippen LogP contribution in [0.2, 0.25) is 0 Å². The fraction of sp³-hybridized carbons (Fsp3) is 0.619. The molecular weight excluding hydrogens is 442 g/mol. The van der Waals surface area contributed by atoms with E-state index in [1.807, 2.05) is 0 Å². The lowest BCUT2D eigenvalue weighted by molar-refractivity contribution is -0.162. The number of benzene rings is 1. The van der Waals surface area contributed by atoms with E-state index < -0.39 is 41.1 Å². The minimum Gasteiger partial charge on any atom is -0.460 e. The molecule has 0 radical (unpaired) electrons. The Kier molecular flexibility index (Phi) is 7.41. The minimum atomic E-state index is -5.20. The highest BCUT2D eigenvalue weighted by Crippen LogP contribution is 2.42. The average Bonchev–Trinajstić information content (AvgIpc) is 2.62. The standard InChI is InChI=1S/C21H26F6N2O3/c1-13-18(31)28(9-5-6-17(30)32-19(2,3)4)10-11-29(13)14-7-8-15(20(22,23)24)16(12-14)21(25,26)27/h7-8,12-13H,5-6,9-11H2,1-4H3/t13-/m0/s1. The van der Waals surface area contributed by atoms with Crippen molar-refractivity contribution in [3.8, 4) is 0 Å². The lowest BCUT2D eigenvalue weighted by Crippen LogP contribution is -2.56. The largest absolute Gasteiger partial charge is 0.460 e. The highest BCUT2D eigenvalue weighted by atomic mass is 19.4. The van der Waals surface area contributed by atoms with Gasteiger partial charge in [-0.15, -0.1) is 0 Å². The number of amides is 1. The Balaban J connectivity index is 2.09. The second kappa shape index (κ2) is 9.19. The molecule has 1 aliphatic rings. The predicted octanol–water partition coefficient (Wildman–Crippen LogP) is 4.88. The Bertz CT molecular complexity index is 845. The van der Waals surface area contributed by atoms with E-state index in [1.54, 1.807) is 20.8 Å². The quantitative estimate of drug-likeness (QED) is 0.457. The predicted molar refractivity (Wildman–Crippen MR) is 105 cm³/mol. The van der Waals surface area contributed by atoms with Crippen LogP contribution in [-0.2, 0) is 26.7 Å². The number of rotatable bonds is 5. The second-order valence-electron chi connectivity index (χ2n) is 8.61. The van der Waals surface area contributed by atoms with E-state index in [1.165, 1.54) is 16.7 Å². The van der Waals surface area contributed by atoms with Gasteiger partial charge in [0.1, 0.15) is 11.6 Å². The van der Waals surface area contributed by atoms with Crippen molar-refractivity contribution >= 4 is 17.6 Å². The van der Waals surface area contributed by atoms with Crippen LogP contribution in [0.1, 0.15) is 51.7 Å². The Labute approximate surface area is 182 Å². The van der Waals surface area contributed by atoms with Gasteiger partial charge in [0.25, 0.3) is 0 Å². The first kappa shape index (κ1) is 25.8.